The van der Waals surface area contributed by atoms with Gasteiger partial charge < -0.3 is 20.1 Å². The Labute approximate surface area is 193 Å². The van der Waals surface area contributed by atoms with Crippen LogP contribution in [0.2, 0.25) is 0 Å². The van der Waals surface area contributed by atoms with E-state index in [1.54, 1.807) is 0 Å². The average molecular weight is 528 g/mol. The fourth-order valence-corrected chi connectivity index (χ4v) is 4.63. The third-order valence-corrected chi connectivity index (χ3v) is 6.23. The first-order valence-electron chi connectivity index (χ1n) is 9.88. The minimum absolute atomic E-state index is 0. The highest BCUT2D eigenvalue weighted by atomic mass is 127. The number of nitrogens with one attached hydrogen (secondary N) is 2. The first kappa shape index (κ1) is 22.3. The second kappa shape index (κ2) is 11.1. The van der Waals surface area contributed by atoms with Crippen molar-refractivity contribution in [2.75, 3.05) is 46.4 Å². The average Bonchev–Trinajstić information content (AvgIpc) is 3.41. The van der Waals surface area contributed by atoms with Gasteiger partial charge in [-0.05, 0) is 23.1 Å². The predicted octanol–water partition coefficient (Wildman–Crippen LogP) is 2.91. The topological polar surface area (TPSA) is 58.1 Å². The molecule has 0 bridgehead atoms. The molecular formula is C21H29IN4O2S. The van der Waals surface area contributed by atoms with E-state index in [0.29, 0.717) is 6.04 Å². The minimum Gasteiger partial charge on any atom is -0.488 e. The molecule has 2 N–H and O–H groups in total. The number of benzene rings is 1. The number of guanidine groups is 1. The molecule has 1 saturated heterocycles. The number of hydrogen-bond acceptors (Lipinski definition) is 5. The summed E-state index contributed by atoms with van der Waals surface area (Å²) in [5.41, 5.74) is 1.28. The van der Waals surface area contributed by atoms with Gasteiger partial charge in [-0.15, -0.1) is 35.3 Å². The molecule has 2 atom stereocenters. The Hall–Kier alpha value is -1.36. The lowest BCUT2D eigenvalue weighted by Crippen LogP contribution is -2.47. The van der Waals surface area contributed by atoms with E-state index in [-0.39, 0.29) is 30.1 Å². The van der Waals surface area contributed by atoms with E-state index in [2.05, 4.69) is 50.2 Å². The summed E-state index contributed by atoms with van der Waals surface area (Å²) in [6, 6.07) is 12.9. The van der Waals surface area contributed by atoms with Crippen LogP contribution < -0.4 is 15.4 Å². The molecule has 1 fully saturated rings. The van der Waals surface area contributed by atoms with E-state index in [1.807, 2.05) is 30.5 Å². The predicted molar refractivity (Wildman–Crippen MR) is 129 cm³/mol. The first-order valence-corrected chi connectivity index (χ1v) is 10.8. The lowest BCUT2D eigenvalue weighted by Gasteiger charge is -2.34. The van der Waals surface area contributed by atoms with Crippen LogP contribution in [0.25, 0.3) is 0 Å². The summed E-state index contributed by atoms with van der Waals surface area (Å²) in [6.45, 7) is 5.07. The molecule has 4 rings (SSSR count). The summed E-state index contributed by atoms with van der Waals surface area (Å²) in [5.74, 6) is 1.82. The minimum atomic E-state index is 0. The summed E-state index contributed by atoms with van der Waals surface area (Å²) in [7, 11) is 1.81. The van der Waals surface area contributed by atoms with Crippen molar-refractivity contribution in [3.05, 3.63) is 52.2 Å². The summed E-state index contributed by atoms with van der Waals surface area (Å²) >= 11 is 1.81. The summed E-state index contributed by atoms with van der Waals surface area (Å²) in [4.78, 5) is 8.26. The normalized spacial score (nSPS) is 20.3. The highest BCUT2D eigenvalue weighted by Crippen LogP contribution is 2.28. The Morgan fingerprint density at radius 2 is 2.03 bits per heavy atom. The maximum atomic E-state index is 6.02. The molecule has 0 aliphatic carbocycles. The zero-order chi connectivity index (χ0) is 19.2. The number of nitrogens with zero attached hydrogens (tertiary/aromatic N) is 2. The molecule has 0 amide bonds. The van der Waals surface area contributed by atoms with Crippen molar-refractivity contribution in [1.82, 2.24) is 15.5 Å². The van der Waals surface area contributed by atoms with Gasteiger partial charge in [-0.3, -0.25) is 9.89 Å². The van der Waals surface area contributed by atoms with Gasteiger partial charge in [0.15, 0.2) is 5.96 Å². The quantitative estimate of drug-likeness (QED) is 0.343. The Morgan fingerprint density at radius 1 is 1.21 bits per heavy atom. The maximum Gasteiger partial charge on any atom is 0.191 e. The maximum absolute atomic E-state index is 6.02. The Morgan fingerprint density at radius 3 is 2.76 bits per heavy atom. The lowest BCUT2D eigenvalue weighted by atomic mass is 10.1. The molecular weight excluding hydrogens is 499 g/mol. The first-order chi connectivity index (χ1) is 13.8. The standard InChI is InChI=1S/C21H28N4O2S.HI/c1-22-21(23-14-17-13-16-5-2-3-6-19(16)27-17)24-15-18(20-7-4-12-28-20)25-8-10-26-11-9-25;/h2-7,12,17-18H,8-11,13-15H2,1H3,(H2,22,23,24);1H. The van der Waals surface area contributed by atoms with Crippen LogP contribution in [-0.4, -0.2) is 63.4 Å². The van der Waals surface area contributed by atoms with E-state index >= 15 is 0 Å². The van der Waals surface area contributed by atoms with Crippen molar-refractivity contribution in [2.45, 2.75) is 18.6 Å². The number of halogens is 1. The molecule has 2 aromatic rings. The van der Waals surface area contributed by atoms with Gasteiger partial charge in [-0.1, -0.05) is 24.3 Å². The Kier molecular flexibility index (Phi) is 8.58. The van der Waals surface area contributed by atoms with Gasteiger partial charge in [-0.25, -0.2) is 0 Å². The number of para-hydroxylation sites is 1. The van der Waals surface area contributed by atoms with E-state index in [4.69, 9.17) is 9.47 Å². The fourth-order valence-electron chi connectivity index (χ4n) is 3.77. The van der Waals surface area contributed by atoms with E-state index in [0.717, 1.165) is 57.5 Å². The zero-order valence-corrected chi connectivity index (χ0v) is 19.8. The number of ether oxygens (including phenoxy) is 2. The van der Waals surface area contributed by atoms with Gasteiger partial charge in [0.1, 0.15) is 11.9 Å². The van der Waals surface area contributed by atoms with E-state index < -0.39 is 0 Å². The molecule has 2 unspecified atom stereocenters. The van der Waals surface area contributed by atoms with Crippen LogP contribution >= 0.6 is 35.3 Å². The molecule has 2 aliphatic rings. The number of hydrogen-bond donors (Lipinski definition) is 2. The van der Waals surface area contributed by atoms with Crippen LogP contribution in [0, 0.1) is 0 Å². The zero-order valence-electron chi connectivity index (χ0n) is 16.7. The molecule has 158 valence electrons. The van der Waals surface area contributed by atoms with Gasteiger partial charge in [0, 0.05) is 38.0 Å². The summed E-state index contributed by atoms with van der Waals surface area (Å²) in [6.07, 6.45) is 1.08. The molecule has 8 heteroatoms. The van der Waals surface area contributed by atoms with Gasteiger partial charge in [0.2, 0.25) is 0 Å². The van der Waals surface area contributed by atoms with Crippen molar-refractivity contribution >= 4 is 41.3 Å². The molecule has 0 saturated carbocycles. The van der Waals surface area contributed by atoms with E-state index in [9.17, 15) is 0 Å². The van der Waals surface area contributed by atoms with Crippen LogP contribution in [0.5, 0.6) is 5.75 Å². The van der Waals surface area contributed by atoms with Crippen molar-refractivity contribution in [3.63, 3.8) is 0 Å². The second-order valence-electron chi connectivity index (χ2n) is 7.07. The lowest BCUT2D eigenvalue weighted by molar-refractivity contribution is 0.0177. The Bertz CT molecular complexity index is 756. The monoisotopic (exact) mass is 528 g/mol. The second-order valence-corrected chi connectivity index (χ2v) is 8.04. The van der Waals surface area contributed by atoms with Crippen molar-refractivity contribution < 1.29 is 9.47 Å². The fraction of sp³-hybridized carbons (Fsp3) is 0.476. The van der Waals surface area contributed by atoms with Gasteiger partial charge in [0.05, 0.1) is 25.8 Å². The van der Waals surface area contributed by atoms with Crippen LogP contribution in [0.15, 0.2) is 46.8 Å². The number of morpholine rings is 1. The highest BCUT2D eigenvalue weighted by Gasteiger charge is 2.25. The van der Waals surface area contributed by atoms with Crippen LogP contribution in [-0.2, 0) is 11.2 Å². The van der Waals surface area contributed by atoms with Crippen LogP contribution in [0.4, 0.5) is 0 Å². The van der Waals surface area contributed by atoms with Crippen molar-refractivity contribution in [2.24, 2.45) is 4.99 Å². The molecule has 3 heterocycles. The number of aliphatic imine (C=N–C) groups is 1. The molecule has 2 aliphatic heterocycles. The smallest absolute Gasteiger partial charge is 0.191 e. The molecule has 0 spiro atoms. The van der Waals surface area contributed by atoms with Gasteiger partial charge in [-0.2, -0.15) is 0 Å². The molecule has 1 aromatic carbocycles. The Balaban J connectivity index is 0.00000240. The third kappa shape index (κ3) is 5.84. The van der Waals surface area contributed by atoms with Crippen molar-refractivity contribution in [1.29, 1.82) is 0 Å². The number of rotatable bonds is 6. The number of thiophene rings is 1. The van der Waals surface area contributed by atoms with Crippen LogP contribution in [0.3, 0.4) is 0 Å². The summed E-state index contributed by atoms with van der Waals surface area (Å²) < 4.78 is 11.5. The molecule has 6 nitrogen and oxygen atoms in total. The largest absolute Gasteiger partial charge is 0.488 e. The molecule has 0 radical (unpaired) electrons. The molecule has 29 heavy (non-hydrogen) atoms. The van der Waals surface area contributed by atoms with E-state index in [1.165, 1.54) is 10.4 Å². The SMILES string of the molecule is CN=C(NCC1Cc2ccccc2O1)NCC(c1cccs1)N1CCOCC1.I. The van der Waals surface area contributed by atoms with Crippen molar-refractivity contribution in [3.8, 4) is 5.75 Å². The van der Waals surface area contributed by atoms with Gasteiger partial charge >= 0.3 is 0 Å². The summed E-state index contributed by atoms with van der Waals surface area (Å²) in [5, 5.41) is 9.08. The third-order valence-electron chi connectivity index (χ3n) is 5.26. The highest BCUT2D eigenvalue weighted by molar-refractivity contribution is 14.0. The van der Waals surface area contributed by atoms with Gasteiger partial charge in [0.25, 0.3) is 0 Å². The van der Waals surface area contributed by atoms with Crippen LogP contribution in [0.1, 0.15) is 16.5 Å². The molecule has 1 aromatic heterocycles. The number of fused-ring (bicyclic) bond motifs is 1.